The fraction of sp³-hybridized carbons (Fsp3) is 0.304. The highest BCUT2D eigenvalue weighted by Crippen LogP contribution is 2.45. The zero-order valence-electron chi connectivity index (χ0n) is 17.8. The average molecular weight is 443 g/mol. The van der Waals surface area contributed by atoms with Crippen LogP contribution in [0.25, 0.3) is 11.0 Å². The fourth-order valence-electron chi connectivity index (χ4n) is 4.07. The average Bonchev–Trinajstić information content (AvgIpc) is 3.08. The fourth-order valence-corrected chi connectivity index (χ4v) is 4.07. The molecule has 0 aliphatic carbocycles. The third-order valence-electron chi connectivity index (χ3n) is 5.49. The van der Waals surface area contributed by atoms with E-state index in [0.29, 0.717) is 29.2 Å². The summed E-state index contributed by atoms with van der Waals surface area (Å²) in [5, 5.41) is 9.38. The molecule has 2 aromatic carbocycles. The van der Waals surface area contributed by atoms with Crippen molar-refractivity contribution in [3.8, 4) is 17.2 Å². The monoisotopic (exact) mass is 443 g/mol. The van der Waals surface area contributed by atoms with Gasteiger partial charge in [0.15, 0.2) is 16.9 Å². The Balaban J connectivity index is 2.00. The minimum Gasteiger partial charge on any atom is -0.493 e. The maximum Gasteiger partial charge on any atom is 0.290 e. The molecule has 0 spiro atoms. The molecule has 0 bridgehead atoms. The summed E-state index contributed by atoms with van der Waals surface area (Å²) in [5.74, 6) is -0.128. The van der Waals surface area contributed by atoms with E-state index >= 15 is 0 Å². The molecule has 1 atom stereocenters. The smallest absolute Gasteiger partial charge is 0.290 e. The number of amides is 1. The number of carbonyl (C=O) groups is 1. The van der Waals surface area contributed by atoms with Crippen molar-refractivity contribution in [3.63, 3.8) is 0 Å². The second-order valence-electron chi connectivity index (χ2n) is 7.25. The first-order chi connectivity index (χ1) is 15.4. The van der Waals surface area contributed by atoms with Crippen LogP contribution in [0.5, 0.6) is 17.2 Å². The number of benzene rings is 2. The van der Waals surface area contributed by atoms with E-state index < -0.39 is 23.2 Å². The van der Waals surface area contributed by atoms with Crippen LogP contribution >= 0.6 is 0 Å². The molecule has 0 saturated carbocycles. The Morgan fingerprint density at radius 2 is 1.75 bits per heavy atom. The molecule has 1 unspecified atom stereocenters. The minimum atomic E-state index is -0.846. The van der Waals surface area contributed by atoms with Gasteiger partial charge in [-0.05, 0) is 42.3 Å². The number of halogens is 1. The summed E-state index contributed by atoms with van der Waals surface area (Å²) in [6.07, 6.45) is 0.295. The van der Waals surface area contributed by atoms with Crippen LogP contribution in [0.4, 0.5) is 4.39 Å². The van der Waals surface area contributed by atoms with Gasteiger partial charge in [-0.15, -0.1) is 0 Å². The number of carbonyl (C=O) groups excluding carboxylic acids is 1. The zero-order chi connectivity index (χ0) is 23.0. The third-order valence-corrected chi connectivity index (χ3v) is 5.49. The highest BCUT2D eigenvalue weighted by atomic mass is 19.1. The molecule has 1 aliphatic rings. The van der Waals surface area contributed by atoms with Crippen LogP contribution in [0.2, 0.25) is 0 Å². The van der Waals surface area contributed by atoms with Crippen LogP contribution in [0.15, 0.2) is 39.5 Å². The Morgan fingerprint density at radius 3 is 2.34 bits per heavy atom. The molecule has 3 aromatic rings. The lowest BCUT2D eigenvalue weighted by molar-refractivity contribution is 0.0716. The van der Waals surface area contributed by atoms with E-state index in [-0.39, 0.29) is 35.4 Å². The van der Waals surface area contributed by atoms with Gasteiger partial charge in [-0.1, -0.05) is 0 Å². The van der Waals surface area contributed by atoms with Gasteiger partial charge in [0.1, 0.15) is 11.4 Å². The van der Waals surface area contributed by atoms with Crippen molar-refractivity contribution < 1.29 is 32.9 Å². The largest absolute Gasteiger partial charge is 0.493 e. The summed E-state index contributed by atoms with van der Waals surface area (Å²) in [7, 11) is 4.39. The van der Waals surface area contributed by atoms with Crippen molar-refractivity contribution in [1.29, 1.82) is 0 Å². The first-order valence-electron chi connectivity index (χ1n) is 9.93. The first-order valence-corrected chi connectivity index (χ1v) is 9.93. The summed E-state index contributed by atoms with van der Waals surface area (Å²) in [6, 6.07) is 6.03. The molecular weight excluding hydrogens is 421 g/mol. The van der Waals surface area contributed by atoms with E-state index in [2.05, 4.69) is 0 Å². The summed E-state index contributed by atoms with van der Waals surface area (Å²) in [5.41, 5.74) is 0.239. The number of ether oxygens (including phenoxy) is 3. The molecule has 1 N–H and O–H groups in total. The number of aliphatic hydroxyl groups excluding tert-OH is 1. The molecule has 0 radical (unpaired) electrons. The van der Waals surface area contributed by atoms with E-state index in [1.807, 2.05) is 0 Å². The normalized spacial score (nSPS) is 15.2. The van der Waals surface area contributed by atoms with Crippen molar-refractivity contribution in [1.82, 2.24) is 4.90 Å². The number of aliphatic hydroxyl groups is 1. The summed E-state index contributed by atoms with van der Waals surface area (Å²) in [6.45, 7) is 0.0294. The molecule has 9 heteroatoms. The zero-order valence-corrected chi connectivity index (χ0v) is 17.8. The van der Waals surface area contributed by atoms with Crippen molar-refractivity contribution in [3.05, 3.63) is 63.3 Å². The number of fused-ring (bicyclic) bond motifs is 2. The topological polar surface area (TPSA) is 98.4 Å². The highest BCUT2D eigenvalue weighted by molar-refractivity contribution is 5.99. The van der Waals surface area contributed by atoms with Gasteiger partial charge in [0.25, 0.3) is 5.91 Å². The van der Waals surface area contributed by atoms with Gasteiger partial charge >= 0.3 is 0 Å². The molecule has 1 amide bonds. The van der Waals surface area contributed by atoms with Crippen LogP contribution in [0.3, 0.4) is 0 Å². The van der Waals surface area contributed by atoms with Gasteiger partial charge in [0, 0.05) is 13.2 Å². The van der Waals surface area contributed by atoms with Crippen LogP contribution in [-0.4, -0.2) is 50.4 Å². The quantitative estimate of drug-likeness (QED) is 0.600. The Morgan fingerprint density at radius 1 is 1.06 bits per heavy atom. The first kappa shape index (κ1) is 21.6. The number of hydrogen-bond acceptors (Lipinski definition) is 7. The molecule has 1 aromatic heterocycles. The van der Waals surface area contributed by atoms with Gasteiger partial charge in [0.05, 0.1) is 38.3 Å². The van der Waals surface area contributed by atoms with Crippen LogP contribution in [0.1, 0.15) is 34.1 Å². The standard InChI is InChI=1S/C23H22FNO7/c1-29-16-9-12(10-17(30-2)21(16)31-3)19-18-20(27)14-11-13(24)5-6-15(14)32-22(18)23(28)25(19)7-4-8-26/h5-6,9-11,19,26H,4,7-8H2,1-3H3. The minimum absolute atomic E-state index is 0.0398. The highest BCUT2D eigenvalue weighted by Gasteiger charge is 2.43. The maximum absolute atomic E-state index is 13.9. The van der Waals surface area contributed by atoms with E-state index in [0.717, 1.165) is 12.1 Å². The van der Waals surface area contributed by atoms with Crippen molar-refractivity contribution in [2.45, 2.75) is 12.5 Å². The number of hydrogen-bond donors (Lipinski definition) is 1. The van der Waals surface area contributed by atoms with Crippen LogP contribution in [0, 0.1) is 5.82 Å². The molecule has 0 fully saturated rings. The SMILES string of the molecule is COc1cc(C2c3c(oc4ccc(F)cc4c3=O)C(=O)N2CCCO)cc(OC)c1OC. The Labute approximate surface area is 182 Å². The Bertz CT molecular complexity index is 1230. The van der Waals surface area contributed by atoms with Gasteiger partial charge in [-0.3, -0.25) is 9.59 Å². The van der Waals surface area contributed by atoms with Crippen LogP contribution < -0.4 is 19.6 Å². The third kappa shape index (κ3) is 3.34. The molecular formula is C23H22FNO7. The lowest BCUT2D eigenvalue weighted by atomic mass is 9.97. The predicted molar refractivity (Wildman–Crippen MR) is 113 cm³/mol. The summed E-state index contributed by atoms with van der Waals surface area (Å²) < 4.78 is 35.8. The molecule has 32 heavy (non-hydrogen) atoms. The van der Waals surface area contributed by atoms with E-state index in [4.69, 9.17) is 18.6 Å². The van der Waals surface area contributed by atoms with Gasteiger partial charge in [-0.2, -0.15) is 0 Å². The number of methoxy groups -OCH3 is 3. The van der Waals surface area contributed by atoms with Crippen LogP contribution in [-0.2, 0) is 0 Å². The number of nitrogens with zero attached hydrogens (tertiary/aromatic N) is 1. The predicted octanol–water partition coefficient (Wildman–Crippen LogP) is 2.89. The molecule has 4 rings (SSSR count). The van der Waals surface area contributed by atoms with Crippen molar-refractivity contribution >= 4 is 16.9 Å². The maximum atomic E-state index is 13.9. The van der Waals surface area contributed by atoms with Gasteiger partial charge in [0.2, 0.25) is 11.5 Å². The number of rotatable bonds is 7. The molecule has 2 heterocycles. The van der Waals surface area contributed by atoms with E-state index in [9.17, 15) is 19.1 Å². The summed E-state index contributed by atoms with van der Waals surface area (Å²) in [4.78, 5) is 28.1. The Hall–Kier alpha value is -3.59. The van der Waals surface area contributed by atoms with Crippen molar-refractivity contribution in [2.75, 3.05) is 34.5 Å². The molecule has 8 nitrogen and oxygen atoms in total. The molecule has 0 saturated heterocycles. The molecule has 1 aliphatic heterocycles. The lowest BCUT2D eigenvalue weighted by Crippen LogP contribution is -2.31. The van der Waals surface area contributed by atoms with E-state index in [1.165, 1.54) is 32.3 Å². The lowest BCUT2D eigenvalue weighted by Gasteiger charge is -2.26. The van der Waals surface area contributed by atoms with E-state index in [1.54, 1.807) is 12.1 Å². The van der Waals surface area contributed by atoms with Gasteiger partial charge in [-0.25, -0.2) is 4.39 Å². The second kappa shape index (κ2) is 8.51. The Kier molecular flexibility index (Phi) is 5.75. The van der Waals surface area contributed by atoms with Gasteiger partial charge < -0.3 is 28.6 Å². The summed E-state index contributed by atoms with van der Waals surface area (Å²) >= 11 is 0. The second-order valence-corrected chi connectivity index (χ2v) is 7.25. The van der Waals surface area contributed by atoms with Crippen molar-refractivity contribution in [2.24, 2.45) is 0 Å². The molecule has 168 valence electrons.